The Kier molecular flexibility index (Phi) is 8.57. The molecule has 1 heterocycles. The van der Waals surface area contributed by atoms with Crippen molar-refractivity contribution in [2.24, 2.45) is 0 Å². The molecular weight excluding hydrogens is 643 g/mol. The second-order valence-electron chi connectivity index (χ2n) is 13.0. The van der Waals surface area contributed by atoms with Crippen molar-refractivity contribution in [3.05, 3.63) is 212 Å². The van der Waals surface area contributed by atoms with Crippen molar-refractivity contribution >= 4 is 28.1 Å². The summed E-state index contributed by atoms with van der Waals surface area (Å²) in [6.45, 7) is 0. The Labute approximate surface area is 310 Å². The smallest absolute Gasteiger partial charge is 0.0973 e. The molecule has 0 aliphatic heterocycles. The number of aromatic nitrogens is 2. The Morgan fingerprint density at radius 2 is 0.642 bits per heavy atom. The highest BCUT2D eigenvalue weighted by Gasteiger charge is 2.18. The second kappa shape index (κ2) is 14.3. The molecule has 0 N–H and O–H groups in total. The van der Waals surface area contributed by atoms with Gasteiger partial charge in [0.25, 0.3) is 0 Å². The average molecular weight is 678 g/mol. The molecule has 1 aromatic heterocycles. The Hall–Kier alpha value is -7.10. The molecule has 9 rings (SSSR count). The highest BCUT2D eigenvalue weighted by atomic mass is 15.1. The van der Waals surface area contributed by atoms with Crippen molar-refractivity contribution < 1.29 is 0 Å². The summed E-state index contributed by atoms with van der Waals surface area (Å²) in [4.78, 5) is 13.1. The molecular formula is C50H35N3. The predicted molar refractivity (Wildman–Crippen MR) is 221 cm³/mol. The van der Waals surface area contributed by atoms with Gasteiger partial charge in [-0.05, 0) is 88.0 Å². The van der Waals surface area contributed by atoms with Crippen molar-refractivity contribution in [1.29, 1.82) is 0 Å². The summed E-state index contributed by atoms with van der Waals surface area (Å²) >= 11 is 0. The fourth-order valence-electron chi connectivity index (χ4n) is 7.06. The molecule has 53 heavy (non-hydrogen) atoms. The normalized spacial score (nSPS) is 11.0. The van der Waals surface area contributed by atoms with Crippen LogP contribution in [0.4, 0.5) is 17.1 Å². The molecule has 9 aromatic rings. The van der Waals surface area contributed by atoms with E-state index in [4.69, 9.17) is 9.97 Å². The third-order valence-corrected chi connectivity index (χ3v) is 9.64. The van der Waals surface area contributed by atoms with E-state index in [1.807, 2.05) is 18.2 Å². The summed E-state index contributed by atoms with van der Waals surface area (Å²) in [6, 6.07) is 74.3. The number of benzene rings is 8. The van der Waals surface area contributed by atoms with Gasteiger partial charge in [0.05, 0.1) is 22.4 Å². The summed E-state index contributed by atoms with van der Waals surface area (Å²) in [5.41, 5.74) is 15.6. The summed E-state index contributed by atoms with van der Waals surface area (Å²) in [7, 11) is 0. The first-order valence-electron chi connectivity index (χ1n) is 17.9. The fraction of sp³-hybridized carbons (Fsp3) is 0. The van der Waals surface area contributed by atoms with Crippen LogP contribution in [-0.4, -0.2) is 9.97 Å². The molecule has 0 amide bonds. The first kappa shape index (κ1) is 31.9. The molecule has 8 aromatic carbocycles. The van der Waals surface area contributed by atoms with E-state index >= 15 is 0 Å². The lowest BCUT2D eigenvalue weighted by Gasteiger charge is -2.25. The van der Waals surface area contributed by atoms with Gasteiger partial charge in [0.1, 0.15) is 0 Å². The standard InChI is InChI=1S/C50H35N3/c1-6-17-36(18-7-1)40-23-16-24-41(33-40)46-35-48-47(34-45(46)37-19-8-2-9-20-37)52-50(49(51-48)38-21-10-3-11-22-38)39-29-31-44(32-30-39)53(42-25-12-4-13-26-42)43-27-14-5-15-28-43/h1-35H. The highest BCUT2D eigenvalue weighted by molar-refractivity contribution is 5.96. The van der Waals surface area contributed by atoms with Crippen LogP contribution in [0.3, 0.4) is 0 Å². The largest absolute Gasteiger partial charge is 0.311 e. The number of para-hydroxylation sites is 2. The maximum absolute atomic E-state index is 5.42. The van der Waals surface area contributed by atoms with Gasteiger partial charge < -0.3 is 4.90 Å². The number of rotatable bonds is 8. The van der Waals surface area contributed by atoms with Crippen LogP contribution >= 0.6 is 0 Å². The van der Waals surface area contributed by atoms with Gasteiger partial charge >= 0.3 is 0 Å². The quantitative estimate of drug-likeness (QED) is 0.160. The topological polar surface area (TPSA) is 29.0 Å². The number of hydrogen-bond donors (Lipinski definition) is 0. The van der Waals surface area contributed by atoms with Crippen LogP contribution < -0.4 is 4.90 Å². The van der Waals surface area contributed by atoms with Gasteiger partial charge in [0.2, 0.25) is 0 Å². The molecule has 0 aliphatic carbocycles. The summed E-state index contributed by atoms with van der Waals surface area (Å²) < 4.78 is 0. The van der Waals surface area contributed by atoms with E-state index in [1.54, 1.807) is 0 Å². The fourth-order valence-corrected chi connectivity index (χ4v) is 7.06. The zero-order valence-electron chi connectivity index (χ0n) is 29.0. The van der Waals surface area contributed by atoms with E-state index < -0.39 is 0 Å². The number of nitrogens with zero attached hydrogens (tertiary/aromatic N) is 3. The zero-order chi connectivity index (χ0) is 35.4. The van der Waals surface area contributed by atoms with Crippen LogP contribution in [0.5, 0.6) is 0 Å². The number of hydrogen-bond acceptors (Lipinski definition) is 3. The summed E-state index contributed by atoms with van der Waals surface area (Å²) in [6.07, 6.45) is 0. The molecule has 0 bridgehead atoms. The van der Waals surface area contributed by atoms with E-state index in [0.717, 1.165) is 72.9 Å². The minimum Gasteiger partial charge on any atom is -0.311 e. The summed E-state index contributed by atoms with van der Waals surface area (Å²) in [5.74, 6) is 0. The molecule has 0 spiro atoms. The SMILES string of the molecule is c1ccc(-c2cccc(-c3cc4nc(-c5ccccc5)c(-c5ccc(N(c6ccccc6)c6ccccc6)cc5)nc4cc3-c3ccccc3)c2)cc1. The molecule has 3 nitrogen and oxygen atoms in total. The van der Waals surface area contributed by atoms with Crippen LogP contribution in [0.25, 0.3) is 66.9 Å². The van der Waals surface area contributed by atoms with Crippen molar-refractivity contribution in [1.82, 2.24) is 9.97 Å². The van der Waals surface area contributed by atoms with E-state index in [1.165, 1.54) is 11.1 Å². The lowest BCUT2D eigenvalue weighted by atomic mass is 9.91. The van der Waals surface area contributed by atoms with Crippen molar-refractivity contribution in [2.75, 3.05) is 4.90 Å². The maximum Gasteiger partial charge on any atom is 0.0973 e. The van der Waals surface area contributed by atoms with Gasteiger partial charge in [-0.1, -0.05) is 158 Å². The van der Waals surface area contributed by atoms with Crippen LogP contribution in [0.1, 0.15) is 0 Å². The summed E-state index contributed by atoms with van der Waals surface area (Å²) in [5, 5.41) is 0. The lowest BCUT2D eigenvalue weighted by Crippen LogP contribution is -2.09. The molecule has 250 valence electrons. The lowest BCUT2D eigenvalue weighted by molar-refractivity contribution is 1.27. The van der Waals surface area contributed by atoms with Gasteiger partial charge in [-0.25, -0.2) is 9.97 Å². The Balaban J connectivity index is 1.21. The third-order valence-electron chi connectivity index (χ3n) is 9.64. The van der Waals surface area contributed by atoms with Crippen molar-refractivity contribution in [3.63, 3.8) is 0 Å². The predicted octanol–water partition coefficient (Wildman–Crippen LogP) is 13.4. The molecule has 3 heteroatoms. The van der Waals surface area contributed by atoms with Crippen LogP contribution in [0.2, 0.25) is 0 Å². The second-order valence-corrected chi connectivity index (χ2v) is 13.0. The molecule has 0 radical (unpaired) electrons. The Morgan fingerprint density at radius 1 is 0.264 bits per heavy atom. The first-order valence-corrected chi connectivity index (χ1v) is 17.9. The molecule has 0 unspecified atom stereocenters. The van der Waals surface area contributed by atoms with Crippen LogP contribution in [0, 0.1) is 0 Å². The minimum absolute atomic E-state index is 0.846. The minimum atomic E-state index is 0.846. The Morgan fingerprint density at radius 3 is 1.17 bits per heavy atom. The number of anilines is 3. The zero-order valence-corrected chi connectivity index (χ0v) is 29.0. The third kappa shape index (κ3) is 6.48. The monoisotopic (exact) mass is 677 g/mol. The van der Waals surface area contributed by atoms with Gasteiger partial charge in [-0.3, -0.25) is 0 Å². The highest BCUT2D eigenvalue weighted by Crippen LogP contribution is 2.40. The van der Waals surface area contributed by atoms with Gasteiger partial charge in [-0.15, -0.1) is 0 Å². The van der Waals surface area contributed by atoms with E-state index in [9.17, 15) is 0 Å². The van der Waals surface area contributed by atoms with Crippen LogP contribution in [0.15, 0.2) is 212 Å². The van der Waals surface area contributed by atoms with E-state index in [0.29, 0.717) is 0 Å². The van der Waals surface area contributed by atoms with E-state index in [-0.39, 0.29) is 0 Å². The maximum atomic E-state index is 5.42. The van der Waals surface area contributed by atoms with Gasteiger partial charge in [-0.2, -0.15) is 0 Å². The molecule has 0 fully saturated rings. The molecule has 0 atom stereocenters. The molecule has 0 saturated heterocycles. The number of fused-ring (bicyclic) bond motifs is 1. The van der Waals surface area contributed by atoms with E-state index in [2.05, 4.69) is 199 Å². The van der Waals surface area contributed by atoms with Crippen LogP contribution in [-0.2, 0) is 0 Å². The van der Waals surface area contributed by atoms with Gasteiger partial charge in [0, 0.05) is 28.2 Å². The average Bonchev–Trinajstić information content (AvgIpc) is 3.25. The molecule has 0 aliphatic rings. The van der Waals surface area contributed by atoms with Crippen molar-refractivity contribution in [3.8, 4) is 55.9 Å². The first-order chi connectivity index (χ1) is 26.3. The van der Waals surface area contributed by atoms with Gasteiger partial charge in [0.15, 0.2) is 0 Å². The Bertz CT molecular complexity index is 2580. The van der Waals surface area contributed by atoms with Crippen molar-refractivity contribution in [2.45, 2.75) is 0 Å². The molecule has 0 saturated carbocycles.